The number of likely N-dealkylation sites (tertiary alicyclic amines) is 1. The van der Waals surface area contributed by atoms with Gasteiger partial charge in [-0.05, 0) is 31.0 Å². The maximum atomic E-state index is 13.2. The molecule has 2 unspecified atom stereocenters. The molecule has 0 spiro atoms. The first-order valence-electron chi connectivity index (χ1n) is 6.38. The van der Waals surface area contributed by atoms with E-state index in [4.69, 9.17) is 5.73 Å². The van der Waals surface area contributed by atoms with Crippen molar-refractivity contribution in [3.63, 3.8) is 0 Å². The lowest BCUT2D eigenvalue weighted by Gasteiger charge is -2.34. The average molecular weight is 267 g/mol. The quantitative estimate of drug-likeness (QED) is 0.670. The van der Waals surface area contributed by atoms with Gasteiger partial charge in [0.1, 0.15) is 5.82 Å². The molecule has 2 rings (SSSR count). The van der Waals surface area contributed by atoms with Crippen LogP contribution in [-0.4, -0.2) is 29.0 Å². The summed E-state index contributed by atoms with van der Waals surface area (Å²) >= 11 is 0. The van der Waals surface area contributed by atoms with Gasteiger partial charge in [0.15, 0.2) is 0 Å². The van der Waals surface area contributed by atoms with Crippen LogP contribution in [0.1, 0.15) is 18.9 Å². The summed E-state index contributed by atoms with van der Waals surface area (Å²) in [5.74, 6) is 0.00835. The SMILES string of the molecule is CC1CCN(Cc2cc(F)ccc2[N+](=O)[O-])CC1N. The van der Waals surface area contributed by atoms with Gasteiger partial charge >= 0.3 is 0 Å². The Morgan fingerprint density at radius 3 is 2.95 bits per heavy atom. The van der Waals surface area contributed by atoms with E-state index in [-0.39, 0.29) is 11.7 Å². The summed E-state index contributed by atoms with van der Waals surface area (Å²) < 4.78 is 13.2. The summed E-state index contributed by atoms with van der Waals surface area (Å²) in [6, 6.07) is 3.64. The van der Waals surface area contributed by atoms with Crippen molar-refractivity contribution in [1.82, 2.24) is 4.90 Å². The van der Waals surface area contributed by atoms with Gasteiger partial charge in [0.25, 0.3) is 5.69 Å². The van der Waals surface area contributed by atoms with Crippen molar-refractivity contribution in [2.75, 3.05) is 13.1 Å². The zero-order chi connectivity index (χ0) is 14.0. The van der Waals surface area contributed by atoms with E-state index >= 15 is 0 Å². The second-order valence-electron chi connectivity index (χ2n) is 5.20. The number of nitro benzene ring substituents is 1. The number of rotatable bonds is 3. The smallest absolute Gasteiger partial charge is 0.274 e. The lowest BCUT2D eigenvalue weighted by atomic mass is 9.94. The Balaban J connectivity index is 2.14. The normalized spacial score (nSPS) is 24.4. The van der Waals surface area contributed by atoms with Crippen molar-refractivity contribution < 1.29 is 9.31 Å². The molecule has 5 nitrogen and oxygen atoms in total. The minimum atomic E-state index is -0.471. The Morgan fingerprint density at radius 2 is 2.32 bits per heavy atom. The number of hydrogen-bond donors (Lipinski definition) is 1. The fraction of sp³-hybridized carbons (Fsp3) is 0.538. The first-order chi connectivity index (χ1) is 8.97. The van der Waals surface area contributed by atoms with E-state index in [1.54, 1.807) is 0 Å². The molecule has 1 saturated heterocycles. The molecule has 19 heavy (non-hydrogen) atoms. The molecular weight excluding hydrogens is 249 g/mol. The zero-order valence-electron chi connectivity index (χ0n) is 10.9. The lowest BCUT2D eigenvalue weighted by molar-refractivity contribution is -0.385. The third-order valence-corrected chi connectivity index (χ3v) is 3.73. The molecular formula is C13H18FN3O2. The van der Waals surface area contributed by atoms with Crippen molar-refractivity contribution >= 4 is 5.69 Å². The minimum absolute atomic E-state index is 0.0337. The second kappa shape index (κ2) is 5.63. The zero-order valence-corrected chi connectivity index (χ0v) is 10.9. The van der Waals surface area contributed by atoms with Crippen molar-refractivity contribution in [3.8, 4) is 0 Å². The Morgan fingerprint density at radius 1 is 1.58 bits per heavy atom. The first kappa shape index (κ1) is 13.9. The first-order valence-corrected chi connectivity index (χ1v) is 6.38. The third-order valence-electron chi connectivity index (χ3n) is 3.73. The fourth-order valence-electron chi connectivity index (χ4n) is 2.41. The molecule has 0 radical (unpaired) electrons. The van der Waals surface area contributed by atoms with E-state index in [1.807, 2.05) is 4.90 Å². The van der Waals surface area contributed by atoms with Crippen molar-refractivity contribution in [3.05, 3.63) is 39.7 Å². The van der Waals surface area contributed by atoms with Gasteiger partial charge in [0, 0.05) is 30.8 Å². The van der Waals surface area contributed by atoms with E-state index in [2.05, 4.69) is 6.92 Å². The van der Waals surface area contributed by atoms with Crippen LogP contribution >= 0.6 is 0 Å². The van der Waals surface area contributed by atoms with E-state index in [0.717, 1.165) is 19.0 Å². The topological polar surface area (TPSA) is 72.4 Å². The van der Waals surface area contributed by atoms with Crippen molar-refractivity contribution in [2.45, 2.75) is 25.9 Å². The van der Waals surface area contributed by atoms with Crippen LogP contribution in [0.15, 0.2) is 18.2 Å². The molecule has 6 heteroatoms. The van der Waals surface area contributed by atoms with Gasteiger partial charge in [-0.1, -0.05) is 6.92 Å². The van der Waals surface area contributed by atoms with Gasteiger partial charge in [-0.3, -0.25) is 15.0 Å². The standard InChI is InChI=1S/C13H18FN3O2/c1-9-4-5-16(8-12(9)15)7-10-6-11(14)2-3-13(10)17(18)19/h2-3,6,9,12H,4-5,7-8,15H2,1H3. The average Bonchev–Trinajstić information content (AvgIpc) is 2.33. The summed E-state index contributed by atoms with van der Waals surface area (Å²) in [6.45, 7) is 4.00. The number of nitro groups is 1. The molecule has 1 aliphatic rings. The Hall–Kier alpha value is -1.53. The van der Waals surface area contributed by atoms with Crippen LogP contribution in [0.3, 0.4) is 0 Å². The minimum Gasteiger partial charge on any atom is -0.326 e. The van der Waals surface area contributed by atoms with Crippen LogP contribution in [0, 0.1) is 21.8 Å². The van der Waals surface area contributed by atoms with Gasteiger partial charge in [-0.2, -0.15) is 0 Å². The Kier molecular flexibility index (Phi) is 4.11. The summed E-state index contributed by atoms with van der Waals surface area (Å²) in [6.07, 6.45) is 0.963. The van der Waals surface area contributed by atoms with E-state index in [9.17, 15) is 14.5 Å². The van der Waals surface area contributed by atoms with Gasteiger partial charge in [-0.15, -0.1) is 0 Å². The second-order valence-corrected chi connectivity index (χ2v) is 5.20. The summed E-state index contributed by atoms with van der Waals surface area (Å²) in [5, 5.41) is 10.9. The Labute approximate surface area is 111 Å². The van der Waals surface area contributed by atoms with Crippen molar-refractivity contribution in [1.29, 1.82) is 0 Å². The lowest BCUT2D eigenvalue weighted by Crippen LogP contribution is -2.47. The highest BCUT2D eigenvalue weighted by molar-refractivity contribution is 5.40. The number of piperidine rings is 1. The Bertz CT molecular complexity index is 481. The molecule has 104 valence electrons. The molecule has 1 aromatic carbocycles. The maximum absolute atomic E-state index is 13.2. The number of halogens is 1. The van der Waals surface area contributed by atoms with Crippen LogP contribution in [0.4, 0.5) is 10.1 Å². The van der Waals surface area contributed by atoms with Crippen LogP contribution in [-0.2, 0) is 6.54 Å². The van der Waals surface area contributed by atoms with Crippen LogP contribution in [0.5, 0.6) is 0 Å². The van der Waals surface area contributed by atoms with Gasteiger partial charge in [0.05, 0.1) is 4.92 Å². The molecule has 1 fully saturated rings. The largest absolute Gasteiger partial charge is 0.326 e. The van der Waals surface area contributed by atoms with Crippen LogP contribution in [0.2, 0.25) is 0 Å². The van der Waals surface area contributed by atoms with E-state index in [1.165, 1.54) is 12.1 Å². The molecule has 0 saturated carbocycles. The molecule has 1 heterocycles. The molecule has 1 aliphatic heterocycles. The highest BCUT2D eigenvalue weighted by Gasteiger charge is 2.25. The van der Waals surface area contributed by atoms with E-state index in [0.29, 0.717) is 24.6 Å². The van der Waals surface area contributed by atoms with Crippen molar-refractivity contribution in [2.24, 2.45) is 11.7 Å². The number of nitrogens with two attached hydrogens (primary N) is 1. The number of nitrogens with zero attached hydrogens (tertiary/aromatic N) is 2. The number of hydrogen-bond acceptors (Lipinski definition) is 4. The molecule has 2 N–H and O–H groups in total. The summed E-state index contributed by atoms with van der Waals surface area (Å²) in [4.78, 5) is 12.5. The monoisotopic (exact) mass is 267 g/mol. The molecule has 0 bridgehead atoms. The highest BCUT2D eigenvalue weighted by Crippen LogP contribution is 2.24. The molecule has 0 amide bonds. The van der Waals surface area contributed by atoms with Gasteiger partial charge < -0.3 is 5.73 Å². The summed E-state index contributed by atoms with van der Waals surface area (Å²) in [7, 11) is 0. The molecule has 1 aromatic rings. The molecule has 0 aromatic heterocycles. The number of benzene rings is 1. The summed E-state index contributed by atoms with van der Waals surface area (Å²) in [5.41, 5.74) is 6.38. The highest BCUT2D eigenvalue weighted by atomic mass is 19.1. The van der Waals surface area contributed by atoms with Gasteiger partial charge in [0.2, 0.25) is 0 Å². The predicted octanol–water partition coefficient (Wildman–Crippen LogP) is 1.90. The predicted molar refractivity (Wildman–Crippen MR) is 70.1 cm³/mol. The maximum Gasteiger partial charge on any atom is 0.274 e. The molecule has 0 aliphatic carbocycles. The fourth-order valence-corrected chi connectivity index (χ4v) is 2.41. The van der Waals surface area contributed by atoms with Gasteiger partial charge in [-0.25, -0.2) is 4.39 Å². The third kappa shape index (κ3) is 3.27. The van der Waals surface area contributed by atoms with E-state index < -0.39 is 10.7 Å². The molecule has 2 atom stereocenters. The van der Waals surface area contributed by atoms with Crippen LogP contribution in [0.25, 0.3) is 0 Å². The van der Waals surface area contributed by atoms with Crippen LogP contribution < -0.4 is 5.73 Å².